The van der Waals surface area contributed by atoms with Crippen LogP contribution < -0.4 is 0 Å². The van der Waals surface area contributed by atoms with E-state index < -0.39 is 11.9 Å². The number of nitrogens with one attached hydrogen (secondary N) is 1. The molecule has 0 atom stereocenters. The molecule has 0 fully saturated rings. The maximum Gasteiger partial charge on any atom is 0.357 e. The van der Waals surface area contributed by atoms with Gasteiger partial charge in [0, 0.05) is 11.6 Å². The highest BCUT2D eigenvalue weighted by atomic mass is 16.4. The van der Waals surface area contributed by atoms with Crippen LogP contribution in [0.2, 0.25) is 0 Å². The largest absolute Gasteiger partial charge is 0.477 e. The topological polar surface area (TPSA) is 142 Å². The highest BCUT2D eigenvalue weighted by Gasteiger charge is 2.22. The van der Waals surface area contributed by atoms with Gasteiger partial charge in [-0.2, -0.15) is 5.10 Å². The lowest BCUT2D eigenvalue weighted by atomic mass is 10.1. The van der Waals surface area contributed by atoms with E-state index in [0.717, 1.165) is 5.39 Å². The van der Waals surface area contributed by atoms with Crippen molar-refractivity contribution in [3.8, 4) is 11.3 Å². The Morgan fingerprint density at radius 1 is 1.04 bits per heavy atom. The molecule has 3 N–H and O–H groups in total. The number of carboxylic acids is 2. The summed E-state index contributed by atoms with van der Waals surface area (Å²) in [5.74, 6) is -2.09. The Bertz CT molecular complexity index is 977. The molecular formula is C15H10N4O5. The molecule has 0 saturated heterocycles. The number of rotatable bonds is 2. The van der Waals surface area contributed by atoms with Gasteiger partial charge in [-0.1, -0.05) is 12.1 Å². The number of para-hydroxylation sites is 1. The molecular weight excluding hydrogens is 316 g/mol. The molecule has 4 rings (SSSR count). The van der Waals surface area contributed by atoms with Gasteiger partial charge in [-0.15, -0.1) is 10.2 Å². The summed E-state index contributed by atoms with van der Waals surface area (Å²) in [5.41, 5.74) is 1.67. The van der Waals surface area contributed by atoms with E-state index in [1.807, 2.05) is 18.2 Å². The Kier molecular flexibility index (Phi) is 3.89. The molecule has 0 spiro atoms. The van der Waals surface area contributed by atoms with Gasteiger partial charge in [-0.3, -0.25) is 5.10 Å². The van der Waals surface area contributed by atoms with Crippen LogP contribution in [0.15, 0.2) is 47.2 Å². The van der Waals surface area contributed by atoms with Crippen molar-refractivity contribution in [3.05, 3.63) is 54.2 Å². The van der Waals surface area contributed by atoms with E-state index in [4.69, 9.17) is 14.6 Å². The quantitative estimate of drug-likeness (QED) is 0.508. The number of aromatic nitrogens is 4. The lowest BCUT2D eigenvalue weighted by Gasteiger charge is -2.01. The highest BCUT2D eigenvalue weighted by molar-refractivity contribution is 6.00. The lowest BCUT2D eigenvalue weighted by Crippen LogP contribution is -1.97. The van der Waals surface area contributed by atoms with Crippen molar-refractivity contribution in [3.63, 3.8) is 0 Å². The van der Waals surface area contributed by atoms with Gasteiger partial charge in [0.05, 0.1) is 5.56 Å². The molecule has 0 bridgehead atoms. The van der Waals surface area contributed by atoms with Crippen LogP contribution in [0.3, 0.4) is 0 Å². The Hall–Kier alpha value is -3.75. The van der Waals surface area contributed by atoms with Gasteiger partial charge in [-0.25, -0.2) is 9.59 Å². The molecule has 9 heteroatoms. The van der Waals surface area contributed by atoms with E-state index in [1.165, 1.54) is 18.5 Å². The second kappa shape index (κ2) is 6.16. The third-order valence-electron chi connectivity index (χ3n) is 3.14. The molecule has 0 saturated carbocycles. The number of hydrogen-bond acceptors (Lipinski definition) is 6. The summed E-state index contributed by atoms with van der Waals surface area (Å²) in [4.78, 5) is 20.9. The number of aromatic amines is 1. The van der Waals surface area contributed by atoms with Gasteiger partial charge in [0.1, 0.15) is 23.2 Å². The summed E-state index contributed by atoms with van der Waals surface area (Å²) < 4.78 is 5.33. The molecule has 9 nitrogen and oxygen atoms in total. The molecule has 120 valence electrons. The third kappa shape index (κ3) is 2.77. The fourth-order valence-corrected chi connectivity index (χ4v) is 2.05. The molecule has 0 radical (unpaired) electrons. The molecule has 24 heavy (non-hydrogen) atoms. The number of hydrogen-bond donors (Lipinski definition) is 3. The van der Waals surface area contributed by atoms with E-state index in [-0.39, 0.29) is 11.4 Å². The number of benzene rings is 1. The van der Waals surface area contributed by atoms with Crippen LogP contribution in [0.1, 0.15) is 21.0 Å². The van der Waals surface area contributed by atoms with Crippen molar-refractivity contribution in [1.82, 2.24) is 20.4 Å². The maximum atomic E-state index is 10.9. The fraction of sp³-hybridized carbons (Fsp3) is 0. The van der Waals surface area contributed by atoms with E-state index >= 15 is 0 Å². The lowest BCUT2D eigenvalue weighted by molar-refractivity contribution is 0.0680. The zero-order chi connectivity index (χ0) is 17.1. The molecule has 2 aliphatic heterocycles. The second-order valence-electron chi connectivity index (χ2n) is 4.62. The standard InChI is InChI=1S/C11H6N2O3.C4H4N2O2/c14-11(15)10-7-5-16-8-4-2-1-3-6(8)9(7)12-13-10;7-4(8)3-1-2-5-6-3/h1-5H,(H,14,15);1-2H,(H,5,6)(H,7,8). The third-order valence-corrected chi connectivity index (χ3v) is 3.14. The molecule has 0 unspecified atom stereocenters. The van der Waals surface area contributed by atoms with Crippen LogP contribution in [0.25, 0.3) is 22.2 Å². The molecule has 0 aliphatic carbocycles. The van der Waals surface area contributed by atoms with Crippen molar-refractivity contribution in [2.75, 3.05) is 0 Å². The van der Waals surface area contributed by atoms with E-state index in [0.29, 0.717) is 16.8 Å². The Balaban J connectivity index is 0.000000179. The Labute approximate surface area is 133 Å². The van der Waals surface area contributed by atoms with Gasteiger partial charge < -0.3 is 14.6 Å². The minimum Gasteiger partial charge on any atom is -0.477 e. The summed E-state index contributed by atoms with van der Waals surface area (Å²) in [5, 5.41) is 31.1. The molecule has 1 aromatic carbocycles. The van der Waals surface area contributed by atoms with E-state index in [1.54, 1.807) is 6.07 Å². The number of nitrogens with zero attached hydrogens (tertiary/aromatic N) is 3. The van der Waals surface area contributed by atoms with Crippen molar-refractivity contribution in [2.45, 2.75) is 0 Å². The normalized spacial score (nSPS) is 10.3. The van der Waals surface area contributed by atoms with Gasteiger partial charge in [0.15, 0.2) is 5.69 Å². The summed E-state index contributed by atoms with van der Waals surface area (Å²) in [6.45, 7) is 0. The number of carbonyl (C=O) groups is 2. The average Bonchev–Trinajstić information content (AvgIpc) is 3.25. The summed E-state index contributed by atoms with van der Waals surface area (Å²) in [6.07, 6.45) is 2.77. The van der Waals surface area contributed by atoms with Crippen LogP contribution in [-0.4, -0.2) is 42.5 Å². The monoisotopic (exact) mass is 326 g/mol. The first-order chi connectivity index (χ1) is 11.6. The maximum absolute atomic E-state index is 10.9. The van der Waals surface area contributed by atoms with Gasteiger partial charge >= 0.3 is 11.9 Å². The predicted octanol–water partition coefficient (Wildman–Crippen LogP) is 2.13. The number of H-pyrrole nitrogens is 1. The first-order valence-corrected chi connectivity index (χ1v) is 6.66. The summed E-state index contributed by atoms with van der Waals surface area (Å²) in [7, 11) is 0. The van der Waals surface area contributed by atoms with Gasteiger partial charge in [-0.05, 0) is 18.2 Å². The highest BCUT2D eigenvalue weighted by Crippen LogP contribution is 2.30. The molecule has 2 aliphatic rings. The summed E-state index contributed by atoms with van der Waals surface area (Å²) >= 11 is 0. The van der Waals surface area contributed by atoms with E-state index in [2.05, 4.69) is 20.4 Å². The smallest absolute Gasteiger partial charge is 0.357 e. The molecule has 3 heterocycles. The van der Waals surface area contributed by atoms with Crippen molar-refractivity contribution < 1.29 is 24.2 Å². The first-order valence-electron chi connectivity index (χ1n) is 6.66. The molecule has 0 amide bonds. The first kappa shape index (κ1) is 15.2. The zero-order valence-corrected chi connectivity index (χ0v) is 12.0. The van der Waals surface area contributed by atoms with Gasteiger partial charge in [0.25, 0.3) is 0 Å². The van der Waals surface area contributed by atoms with Crippen LogP contribution in [-0.2, 0) is 0 Å². The number of carboxylic acid groups (broad SMARTS) is 2. The average molecular weight is 326 g/mol. The zero-order valence-electron chi connectivity index (χ0n) is 12.0. The van der Waals surface area contributed by atoms with Crippen LogP contribution in [0.5, 0.6) is 0 Å². The van der Waals surface area contributed by atoms with Gasteiger partial charge in [0.2, 0.25) is 0 Å². The Morgan fingerprint density at radius 3 is 2.46 bits per heavy atom. The second-order valence-corrected chi connectivity index (χ2v) is 4.62. The Morgan fingerprint density at radius 2 is 1.83 bits per heavy atom. The van der Waals surface area contributed by atoms with Crippen molar-refractivity contribution in [2.24, 2.45) is 0 Å². The molecule has 2 aromatic rings. The predicted molar refractivity (Wildman–Crippen MR) is 80.9 cm³/mol. The number of fused-ring (bicyclic) bond motifs is 3. The number of aromatic carboxylic acids is 2. The minimum atomic E-state index is -1.10. The molecule has 1 aromatic heterocycles. The van der Waals surface area contributed by atoms with E-state index in [9.17, 15) is 9.59 Å². The van der Waals surface area contributed by atoms with Crippen LogP contribution in [0, 0.1) is 0 Å². The van der Waals surface area contributed by atoms with Crippen LogP contribution in [0.4, 0.5) is 0 Å². The van der Waals surface area contributed by atoms with Crippen LogP contribution >= 0.6 is 0 Å². The SMILES string of the molecule is O=C(O)c1ccn[nH]1.O=C(O)c1nnc2c3ccccc3occ1-2. The fourth-order valence-electron chi connectivity index (χ4n) is 2.05. The minimum absolute atomic E-state index is 0.0792. The van der Waals surface area contributed by atoms with Crippen molar-refractivity contribution >= 4 is 22.9 Å². The van der Waals surface area contributed by atoms with Crippen molar-refractivity contribution in [1.29, 1.82) is 0 Å². The summed E-state index contributed by atoms with van der Waals surface area (Å²) in [6, 6.07) is 8.69.